The van der Waals surface area contributed by atoms with E-state index in [0.717, 1.165) is 0 Å². The highest BCUT2D eigenvalue weighted by molar-refractivity contribution is 5.95. The van der Waals surface area contributed by atoms with Crippen molar-refractivity contribution in [3.63, 3.8) is 0 Å². The Bertz CT molecular complexity index is 835. The Balaban J connectivity index is 2.48. The van der Waals surface area contributed by atoms with Crippen LogP contribution in [0.5, 0.6) is 0 Å². The lowest BCUT2D eigenvalue weighted by molar-refractivity contribution is 1.21. The zero-order valence-electron chi connectivity index (χ0n) is 9.75. The van der Waals surface area contributed by atoms with Gasteiger partial charge in [-0.1, -0.05) is 12.1 Å². The van der Waals surface area contributed by atoms with Gasteiger partial charge in [0.15, 0.2) is 11.5 Å². The number of nitrogens with one attached hydrogen (secondary N) is 1. The second-order valence-electron chi connectivity index (χ2n) is 3.89. The number of nitrogen functional groups attached to an aromatic ring is 2. The number of hydrazine groups is 1. The molecule has 0 bridgehead atoms. The van der Waals surface area contributed by atoms with E-state index < -0.39 is 0 Å². The van der Waals surface area contributed by atoms with Gasteiger partial charge in [-0.05, 0) is 12.1 Å². The largest absolute Gasteiger partial charge is 0.396 e. The zero-order chi connectivity index (χ0) is 13.4. The molecule has 0 saturated carbocycles. The molecule has 5 N–H and O–H groups in total. The van der Waals surface area contributed by atoms with Crippen molar-refractivity contribution in [3.8, 4) is 6.07 Å². The van der Waals surface area contributed by atoms with Gasteiger partial charge in [0.1, 0.15) is 17.1 Å². The van der Waals surface area contributed by atoms with Gasteiger partial charge in [-0.25, -0.2) is 20.8 Å². The molecule has 2 heterocycles. The van der Waals surface area contributed by atoms with Crippen LogP contribution < -0.4 is 17.0 Å². The number of benzene rings is 1. The Kier molecular flexibility index (Phi) is 2.37. The summed E-state index contributed by atoms with van der Waals surface area (Å²) in [5, 5.41) is 9.09. The van der Waals surface area contributed by atoms with Crippen molar-refractivity contribution in [3.05, 3.63) is 29.8 Å². The van der Waals surface area contributed by atoms with Crippen LogP contribution in [0.15, 0.2) is 24.3 Å². The number of nitrogens with two attached hydrogens (primary N) is 2. The minimum absolute atomic E-state index is 0.166. The Morgan fingerprint density at radius 2 is 1.79 bits per heavy atom. The molecule has 7 heteroatoms. The predicted molar refractivity (Wildman–Crippen MR) is 71.8 cm³/mol. The first kappa shape index (κ1) is 11.1. The number of fused-ring (bicyclic) bond motifs is 2. The van der Waals surface area contributed by atoms with Gasteiger partial charge in [0.05, 0.1) is 16.7 Å². The van der Waals surface area contributed by atoms with E-state index in [0.29, 0.717) is 22.2 Å². The average molecular weight is 251 g/mol. The molecule has 0 aliphatic rings. The fraction of sp³-hybridized carbons (Fsp3) is 0. The third kappa shape index (κ3) is 1.59. The van der Waals surface area contributed by atoms with Crippen LogP contribution >= 0.6 is 0 Å². The molecule has 0 unspecified atom stereocenters. The maximum absolute atomic E-state index is 9.09. The Labute approximate surface area is 107 Å². The van der Waals surface area contributed by atoms with Crippen LogP contribution in [-0.4, -0.2) is 15.0 Å². The fourth-order valence-corrected chi connectivity index (χ4v) is 1.87. The first-order valence-electron chi connectivity index (χ1n) is 5.47. The SMILES string of the molecule is N#Cc1c(NN)nc2nc3ccccc3nc2c1N. The number of aromatic nitrogens is 3. The molecule has 3 aromatic rings. The quantitative estimate of drug-likeness (QED) is 0.333. The van der Waals surface area contributed by atoms with E-state index in [1.807, 2.05) is 30.3 Å². The molecule has 0 amide bonds. The van der Waals surface area contributed by atoms with Crippen LogP contribution in [0.1, 0.15) is 5.56 Å². The van der Waals surface area contributed by atoms with Crippen LogP contribution in [0.4, 0.5) is 11.5 Å². The van der Waals surface area contributed by atoms with Crippen molar-refractivity contribution in [2.75, 3.05) is 11.2 Å². The van der Waals surface area contributed by atoms with Crippen molar-refractivity contribution in [1.29, 1.82) is 5.26 Å². The Morgan fingerprint density at radius 1 is 1.11 bits per heavy atom. The monoisotopic (exact) mass is 251 g/mol. The van der Waals surface area contributed by atoms with E-state index in [9.17, 15) is 0 Å². The van der Waals surface area contributed by atoms with E-state index in [-0.39, 0.29) is 17.1 Å². The molecular weight excluding hydrogens is 242 g/mol. The van der Waals surface area contributed by atoms with Gasteiger partial charge in [0, 0.05) is 0 Å². The van der Waals surface area contributed by atoms with Gasteiger partial charge in [-0.15, -0.1) is 0 Å². The highest BCUT2D eigenvalue weighted by Crippen LogP contribution is 2.26. The van der Waals surface area contributed by atoms with Crippen LogP contribution in [-0.2, 0) is 0 Å². The molecule has 2 aromatic heterocycles. The number of para-hydroxylation sites is 2. The molecule has 19 heavy (non-hydrogen) atoms. The highest BCUT2D eigenvalue weighted by atomic mass is 15.3. The summed E-state index contributed by atoms with van der Waals surface area (Å²) in [4.78, 5) is 12.9. The lowest BCUT2D eigenvalue weighted by atomic mass is 10.2. The number of nitrogens with zero attached hydrogens (tertiary/aromatic N) is 4. The minimum atomic E-state index is 0.166. The fourth-order valence-electron chi connectivity index (χ4n) is 1.87. The molecule has 0 spiro atoms. The van der Waals surface area contributed by atoms with E-state index in [4.69, 9.17) is 16.8 Å². The van der Waals surface area contributed by atoms with Crippen LogP contribution in [0.25, 0.3) is 22.2 Å². The van der Waals surface area contributed by atoms with Crippen LogP contribution in [0.2, 0.25) is 0 Å². The number of nitriles is 1. The first-order valence-corrected chi connectivity index (χ1v) is 5.47. The maximum atomic E-state index is 9.09. The minimum Gasteiger partial charge on any atom is -0.396 e. The molecule has 0 radical (unpaired) electrons. The summed E-state index contributed by atoms with van der Waals surface area (Å²) in [5.74, 6) is 5.52. The van der Waals surface area contributed by atoms with Gasteiger partial charge in [-0.3, -0.25) is 0 Å². The summed E-state index contributed by atoms with van der Waals surface area (Å²) in [6.07, 6.45) is 0. The topological polar surface area (TPSA) is 127 Å². The third-order valence-electron chi connectivity index (χ3n) is 2.78. The molecule has 0 atom stereocenters. The smallest absolute Gasteiger partial charge is 0.183 e. The lowest BCUT2D eigenvalue weighted by Crippen LogP contribution is -2.12. The number of hydrogen-bond donors (Lipinski definition) is 3. The Morgan fingerprint density at radius 3 is 2.42 bits per heavy atom. The second kappa shape index (κ2) is 4.04. The van der Waals surface area contributed by atoms with Crippen molar-refractivity contribution < 1.29 is 0 Å². The van der Waals surface area contributed by atoms with Crippen molar-refractivity contribution in [2.45, 2.75) is 0 Å². The summed E-state index contributed by atoms with van der Waals surface area (Å²) in [5.41, 5.74) is 10.8. The van der Waals surface area contributed by atoms with Crippen molar-refractivity contribution in [1.82, 2.24) is 15.0 Å². The molecular formula is C12H9N7. The average Bonchev–Trinajstić information content (AvgIpc) is 2.45. The summed E-state index contributed by atoms with van der Waals surface area (Å²) in [6, 6.07) is 9.32. The first-order chi connectivity index (χ1) is 9.24. The van der Waals surface area contributed by atoms with Crippen LogP contribution in [0, 0.1) is 11.3 Å². The van der Waals surface area contributed by atoms with Gasteiger partial charge in [0.25, 0.3) is 0 Å². The van der Waals surface area contributed by atoms with E-state index in [2.05, 4.69) is 20.4 Å². The molecule has 1 aromatic carbocycles. The van der Waals surface area contributed by atoms with Crippen molar-refractivity contribution >= 4 is 33.7 Å². The number of rotatable bonds is 1. The summed E-state index contributed by atoms with van der Waals surface area (Å²) < 4.78 is 0. The van der Waals surface area contributed by atoms with Gasteiger partial charge >= 0.3 is 0 Å². The highest BCUT2D eigenvalue weighted by Gasteiger charge is 2.14. The molecule has 3 rings (SSSR count). The predicted octanol–water partition coefficient (Wildman–Crippen LogP) is 0.917. The van der Waals surface area contributed by atoms with E-state index in [1.165, 1.54) is 0 Å². The standard InChI is InChI=1S/C12H9N7/c13-5-6-9(14)10-12(18-11(6)19-15)17-8-4-2-1-3-7(8)16-10/h1-4H,15H2,(H3,14,17,18,19). The van der Waals surface area contributed by atoms with Gasteiger partial charge in [0.2, 0.25) is 0 Å². The zero-order valence-corrected chi connectivity index (χ0v) is 9.75. The van der Waals surface area contributed by atoms with Crippen molar-refractivity contribution in [2.24, 2.45) is 5.84 Å². The Hall–Kier alpha value is -2.98. The maximum Gasteiger partial charge on any atom is 0.183 e. The molecule has 0 aliphatic heterocycles. The lowest BCUT2D eigenvalue weighted by Gasteiger charge is -2.08. The molecule has 7 nitrogen and oxygen atoms in total. The summed E-state index contributed by atoms with van der Waals surface area (Å²) in [6.45, 7) is 0. The third-order valence-corrected chi connectivity index (χ3v) is 2.78. The second-order valence-corrected chi connectivity index (χ2v) is 3.89. The molecule has 0 saturated heterocycles. The van der Waals surface area contributed by atoms with Crippen LogP contribution in [0.3, 0.4) is 0 Å². The number of hydrogen-bond acceptors (Lipinski definition) is 7. The van der Waals surface area contributed by atoms with E-state index >= 15 is 0 Å². The van der Waals surface area contributed by atoms with Gasteiger partial charge in [-0.2, -0.15) is 5.26 Å². The molecule has 92 valence electrons. The summed E-state index contributed by atoms with van der Waals surface area (Å²) in [7, 11) is 0. The number of anilines is 2. The summed E-state index contributed by atoms with van der Waals surface area (Å²) >= 11 is 0. The normalized spacial score (nSPS) is 10.5. The molecule has 0 fully saturated rings. The van der Waals surface area contributed by atoms with Gasteiger partial charge < -0.3 is 11.2 Å². The molecule has 0 aliphatic carbocycles. The van der Waals surface area contributed by atoms with E-state index in [1.54, 1.807) is 0 Å². The number of pyridine rings is 1.